The molecule has 2 amide bonds. The highest BCUT2D eigenvalue weighted by molar-refractivity contribution is 5.79. The highest BCUT2D eigenvalue weighted by Crippen LogP contribution is 2.36. The number of amides is 2. The summed E-state index contributed by atoms with van der Waals surface area (Å²) in [5, 5.41) is 0. The van der Waals surface area contributed by atoms with Crippen molar-refractivity contribution >= 4 is 11.8 Å². The summed E-state index contributed by atoms with van der Waals surface area (Å²) in [6.45, 7) is 2.14. The van der Waals surface area contributed by atoms with Gasteiger partial charge in [0.15, 0.2) is 0 Å². The Kier molecular flexibility index (Phi) is 7.14. The zero-order valence-electron chi connectivity index (χ0n) is 17.7. The lowest BCUT2D eigenvalue weighted by Gasteiger charge is -2.46. The van der Waals surface area contributed by atoms with E-state index < -0.39 is 0 Å². The number of likely N-dealkylation sites (N-methyl/N-ethyl adjacent to an activating group) is 1. The van der Waals surface area contributed by atoms with Gasteiger partial charge in [0.05, 0.1) is 25.2 Å². The highest BCUT2D eigenvalue weighted by atomic mass is 16.5. The van der Waals surface area contributed by atoms with Crippen LogP contribution in [0.3, 0.4) is 0 Å². The van der Waals surface area contributed by atoms with E-state index in [1.54, 1.807) is 26.1 Å². The number of hydrogen-bond donors (Lipinski definition) is 0. The minimum Gasteiger partial charge on any atom is -0.497 e. The summed E-state index contributed by atoms with van der Waals surface area (Å²) in [6.07, 6.45) is 3.65. The number of ether oxygens (including phenoxy) is 3. The van der Waals surface area contributed by atoms with Gasteiger partial charge in [0.2, 0.25) is 11.8 Å². The van der Waals surface area contributed by atoms with Crippen molar-refractivity contribution in [2.24, 2.45) is 0 Å². The number of carbonyl (C=O) groups excluding carboxylic acids is 2. The predicted octanol–water partition coefficient (Wildman–Crippen LogP) is 1.88. The van der Waals surface area contributed by atoms with Crippen LogP contribution >= 0.6 is 0 Å². The van der Waals surface area contributed by atoms with Crippen molar-refractivity contribution in [1.29, 1.82) is 0 Å². The van der Waals surface area contributed by atoms with Gasteiger partial charge in [-0.2, -0.15) is 0 Å². The van der Waals surface area contributed by atoms with Gasteiger partial charge in [0, 0.05) is 40.2 Å². The van der Waals surface area contributed by atoms with E-state index in [0.29, 0.717) is 26.1 Å². The van der Waals surface area contributed by atoms with E-state index in [-0.39, 0.29) is 30.1 Å². The van der Waals surface area contributed by atoms with Crippen LogP contribution in [0, 0.1) is 0 Å². The Labute approximate surface area is 172 Å². The van der Waals surface area contributed by atoms with E-state index in [1.807, 2.05) is 29.2 Å². The fraction of sp³-hybridized carbons (Fsp3) is 0.636. The maximum Gasteiger partial charge on any atom is 0.248 e. The summed E-state index contributed by atoms with van der Waals surface area (Å²) < 4.78 is 17.1. The molecule has 7 heteroatoms. The summed E-state index contributed by atoms with van der Waals surface area (Å²) in [4.78, 5) is 27.9. The molecule has 0 saturated carbocycles. The highest BCUT2D eigenvalue weighted by Gasteiger charge is 2.41. The van der Waals surface area contributed by atoms with Gasteiger partial charge in [-0.25, -0.2) is 0 Å². The third-order valence-electron chi connectivity index (χ3n) is 5.93. The second kappa shape index (κ2) is 9.59. The fourth-order valence-electron chi connectivity index (χ4n) is 3.99. The standard InChI is InChI=1S/C22H32N2O5/c1-23(2)21(26)16-28-19-8-13-29-22(15-19)9-11-24(12-10-22)20(25)14-17-4-6-18(27-3)7-5-17/h4-7,19H,8-16H2,1-3H3. The maximum atomic E-state index is 12.7. The number of piperidine rings is 1. The molecular weight excluding hydrogens is 372 g/mol. The monoisotopic (exact) mass is 404 g/mol. The van der Waals surface area contributed by atoms with Gasteiger partial charge in [-0.1, -0.05) is 12.1 Å². The third kappa shape index (κ3) is 5.70. The molecule has 1 atom stereocenters. The number of nitrogens with zero attached hydrogens (tertiary/aromatic N) is 2. The Morgan fingerprint density at radius 2 is 1.90 bits per heavy atom. The smallest absolute Gasteiger partial charge is 0.248 e. The van der Waals surface area contributed by atoms with Gasteiger partial charge in [-0.3, -0.25) is 9.59 Å². The number of rotatable bonds is 6. The van der Waals surface area contributed by atoms with E-state index in [2.05, 4.69) is 0 Å². The zero-order valence-corrected chi connectivity index (χ0v) is 17.7. The van der Waals surface area contributed by atoms with Crippen molar-refractivity contribution in [3.63, 3.8) is 0 Å². The predicted molar refractivity (Wildman–Crippen MR) is 109 cm³/mol. The lowest BCUT2D eigenvalue weighted by molar-refractivity contribution is -0.166. The summed E-state index contributed by atoms with van der Waals surface area (Å²) in [6, 6.07) is 7.63. The average Bonchev–Trinajstić information content (AvgIpc) is 2.73. The third-order valence-corrected chi connectivity index (χ3v) is 5.93. The maximum absolute atomic E-state index is 12.7. The number of likely N-dealkylation sites (tertiary alicyclic amines) is 1. The second-order valence-electron chi connectivity index (χ2n) is 8.15. The molecule has 0 aromatic heterocycles. The van der Waals surface area contributed by atoms with Crippen molar-refractivity contribution in [1.82, 2.24) is 9.80 Å². The van der Waals surface area contributed by atoms with Gasteiger partial charge in [-0.15, -0.1) is 0 Å². The van der Waals surface area contributed by atoms with Crippen LogP contribution in [0.25, 0.3) is 0 Å². The molecule has 7 nitrogen and oxygen atoms in total. The number of methoxy groups -OCH3 is 1. The van der Waals surface area contributed by atoms with E-state index in [9.17, 15) is 9.59 Å². The molecule has 2 saturated heterocycles. The van der Waals surface area contributed by atoms with Crippen LogP contribution in [0.5, 0.6) is 5.75 Å². The van der Waals surface area contributed by atoms with Crippen molar-refractivity contribution in [3.05, 3.63) is 29.8 Å². The molecule has 0 radical (unpaired) electrons. The van der Waals surface area contributed by atoms with Crippen molar-refractivity contribution < 1.29 is 23.8 Å². The van der Waals surface area contributed by atoms with Crippen LogP contribution in [0.4, 0.5) is 0 Å². The Morgan fingerprint density at radius 1 is 1.21 bits per heavy atom. The molecule has 1 spiro atoms. The van der Waals surface area contributed by atoms with Crippen LogP contribution in [0.1, 0.15) is 31.2 Å². The molecule has 2 fully saturated rings. The minimum absolute atomic E-state index is 0.0236. The lowest BCUT2D eigenvalue weighted by atomic mass is 9.83. The largest absolute Gasteiger partial charge is 0.497 e. The molecule has 160 valence electrons. The molecule has 2 aliphatic rings. The topological polar surface area (TPSA) is 68.3 Å². The zero-order chi connectivity index (χ0) is 20.9. The molecule has 0 N–H and O–H groups in total. The molecule has 0 bridgehead atoms. The number of carbonyl (C=O) groups is 2. The van der Waals surface area contributed by atoms with E-state index >= 15 is 0 Å². The Bertz CT molecular complexity index is 696. The van der Waals surface area contributed by atoms with Crippen LogP contribution in [0.15, 0.2) is 24.3 Å². The first kappa shape index (κ1) is 21.6. The molecule has 1 aromatic carbocycles. The van der Waals surface area contributed by atoms with Gasteiger partial charge >= 0.3 is 0 Å². The second-order valence-corrected chi connectivity index (χ2v) is 8.15. The molecule has 1 aromatic rings. The Balaban J connectivity index is 1.48. The summed E-state index contributed by atoms with van der Waals surface area (Å²) in [7, 11) is 5.10. The molecular formula is C22H32N2O5. The Hall–Kier alpha value is -2.12. The van der Waals surface area contributed by atoms with Crippen molar-refractivity contribution in [3.8, 4) is 5.75 Å². The first-order valence-electron chi connectivity index (χ1n) is 10.3. The quantitative estimate of drug-likeness (QED) is 0.724. The summed E-state index contributed by atoms with van der Waals surface area (Å²) in [5.74, 6) is 0.911. The normalized spacial score (nSPS) is 21.1. The summed E-state index contributed by atoms with van der Waals surface area (Å²) >= 11 is 0. The Morgan fingerprint density at radius 3 is 2.52 bits per heavy atom. The molecule has 2 aliphatic heterocycles. The van der Waals surface area contributed by atoms with Gasteiger partial charge < -0.3 is 24.0 Å². The molecule has 0 aliphatic carbocycles. The average molecular weight is 405 g/mol. The van der Waals surface area contributed by atoms with Gasteiger partial charge in [0.25, 0.3) is 0 Å². The van der Waals surface area contributed by atoms with Gasteiger partial charge in [-0.05, 0) is 37.0 Å². The lowest BCUT2D eigenvalue weighted by Crippen LogP contribution is -2.52. The SMILES string of the molecule is COc1ccc(CC(=O)N2CCC3(CC2)CC(OCC(=O)N(C)C)CCO3)cc1. The first-order chi connectivity index (χ1) is 13.9. The van der Waals surface area contributed by atoms with Crippen LogP contribution in [-0.2, 0) is 25.5 Å². The van der Waals surface area contributed by atoms with Crippen LogP contribution < -0.4 is 4.74 Å². The molecule has 1 unspecified atom stereocenters. The molecule has 29 heavy (non-hydrogen) atoms. The first-order valence-corrected chi connectivity index (χ1v) is 10.3. The van der Waals surface area contributed by atoms with Crippen LogP contribution in [-0.4, -0.2) is 80.8 Å². The molecule has 3 rings (SSSR count). The fourth-order valence-corrected chi connectivity index (χ4v) is 3.99. The molecule has 2 heterocycles. The minimum atomic E-state index is -0.235. The van der Waals surface area contributed by atoms with Crippen LogP contribution in [0.2, 0.25) is 0 Å². The van der Waals surface area contributed by atoms with Gasteiger partial charge in [0.1, 0.15) is 12.4 Å². The number of hydrogen-bond acceptors (Lipinski definition) is 5. The van der Waals surface area contributed by atoms with Crippen molar-refractivity contribution in [2.75, 3.05) is 47.5 Å². The number of benzene rings is 1. The van der Waals surface area contributed by atoms with E-state index in [0.717, 1.165) is 37.0 Å². The van der Waals surface area contributed by atoms with E-state index in [4.69, 9.17) is 14.2 Å². The van der Waals surface area contributed by atoms with Crippen molar-refractivity contribution in [2.45, 2.75) is 43.8 Å². The summed E-state index contributed by atoms with van der Waals surface area (Å²) in [5.41, 5.74) is 0.755. The van der Waals surface area contributed by atoms with E-state index in [1.165, 1.54) is 0 Å².